The van der Waals surface area contributed by atoms with Gasteiger partial charge in [-0.1, -0.05) is 46.4 Å². The summed E-state index contributed by atoms with van der Waals surface area (Å²) in [4.78, 5) is 23.5. The Morgan fingerprint density at radius 1 is 0.881 bits per heavy atom. The average molecular weight is 661 g/mol. The number of benzene rings is 2. The summed E-state index contributed by atoms with van der Waals surface area (Å²) < 4.78 is 26.7. The van der Waals surface area contributed by atoms with Crippen LogP contribution in [0.4, 0.5) is 11.4 Å². The molecule has 0 atom stereocenters. The third-order valence-electron chi connectivity index (χ3n) is 5.52. The van der Waals surface area contributed by atoms with Gasteiger partial charge in [-0.2, -0.15) is 5.10 Å². The van der Waals surface area contributed by atoms with E-state index in [1.54, 1.807) is 37.3 Å². The lowest BCUT2D eigenvalue weighted by atomic mass is 10.1. The van der Waals surface area contributed by atoms with Crippen LogP contribution in [-0.2, 0) is 25.4 Å². The molecule has 0 spiro atoms. The molecule has 0 saturated heterocycles. The van der Waals surface area contributed by atoms with Gasteiger partial charge < -0.3 is 29.0 Å². The number of methoxy groups -OCH3 is 1. The van der Waals surface area contributed by atoms with Crippen molar-refractivity contribution in [2.24, 2.45) is 0 Å². The minimum Gasteiger partial charge on any atom is -0.490 e. The number of carbonyl (C=O) groups is 2. The van der Waals surface area contributed by atoms with Crippen LogP contribution in [0.15, 0.2) is 36.5 Å². The van der Waals surface area contributed by atoms with Crippen LogP contribution >= 0.6 is 46.4 Å². The van der Waals surface area contributed by atoms with Gasteiger partial charge >= 0.3 is 11.9 Å². The molecule has 0 amide bonds. The van der Waals surface area contributed by atoms with Crippen molar-refractivity contribution in [1.82, 2.24) is 10.2 Å². The van der Waals surface area contributed by atoms with Crippen molar-refractivity contribution in [2.75, 3.05) is 45.5 Å². The van der Waals surface area contributed by atoms with E-state index in [1.807, 2.05) is 0 Å². The van der Waals surface area contributed by atoms with E-state index in [9.17, 15) is 9.59 Å². The third kappa shape index (κ3) is 10.1. The maximum atomic E-state index is 12.1. The second-order valence-corrected chi connectivity index (χ2v) is 10.2. The van der Waals surface area contributed by atoms with Gasteiger partial charge in [-0.3, -0.25) is 4.79 Å². The van der Waals surface area contributed by atoms with E-state index in [1.165, 1.54) is 13.3 Å². The number of nitrogens with zero attached hydrogens (tertiary/aromatic N) is 2. The molecule has 3 aromatic rings. The first-order valence-corrected chi connectivity index (χ1v) is 14.4. The summed E-state index contributed by atoms with van der Waals surface area (Å²) in [5.74, 6) is -0.236. The van der Waals surface area contributed by atoms with E-state index in [-0.39, 0.29) is 47.9 Å². The third-order valence-corrected chi connectivity index (χ3v) is 6.65. The largest absolute Gasteiger partial charge is 0.490 e. The molecule has 0 aliphatic rings. The highest BCUT2D eigenvalue weighted by molar-refractivity contribution is 6.38. The fourth-order valence-electron chi connectivity index (χ4n) is 3.59. The summed E-state index contributed by atoms with van der Waals surface area (Å²) in [5.41, 5.74) is 1.75. The van der Waals surface area contributed by atoms with Crippen LogP contribution in [0.1, 0.15) is 35.8 Å². The molecule has 0 bridgehead atoms. The van der Waals surface area contributed by atoms with E-state index in [0.29, 0.717) is 59.0 Å². The van der Waals surface area contributed by atoms with Crippen LogP contribution in [0.5, 0.6) is 11.5 Å². The first-order valence-electron chi connectivity index (χ1n) is 12.9. The summed E-state index contributed by atoms with van der Waals surface area (Å²) in [6, 6.07) is 8.24. The van der Waals surface area contributed by atoms with Gasteiger partial charge in [0.05, 0.1) is 58.9 Å². The first kappa shape index (κ1) is 33.5. The second-order valence-electron chi connectivity index (χ2n) is 8.54. The monoisotopic (exact) mass is 659 g/mol. The molecule has 0 aliphatic heterocycles. The fourth-order valence-corrected chi connectivity index (χ4v) is 4.83. The van der Waals surface area contributed by atoms with Crippen LogP contribution in [0.2, 0.25) is 20.1 Å². The standard InChI is InChI=1S/C28H29Cl4N3O7/c1-3-40-28(37)25-23(7-8-33-35-25)34-18-15-21(31)27(22(32)16-18)42-12-11-39-9-4-10-41-26-19(29)13-17(14-20(26)30)5-6-24(36)38-2/h7-8,13-16H,3-6,9-12H2,1-2H3,(H,33,34). The Bertz CT molecular complexity index is 1330. The van der Waals surface area contributed by atoms with Crippen molar-refractivity contribution < 1.29 is 33.3 Å². The molecular formula is C28H29Cl4N3O7. The number of aryl methyl sites for hydroxylation is 1. The Morgan fingerprint density at radius 3 is 2.17 bits per heavy atom. The number of aromatic nitrogens is 2. The van der Waals surface area contributed by atoms with Crippen LogP contribution in [0, 0.1) is 0 Å². The zero-order valence-electron chi connectivity index (χ0n) is 22.9. The molecule has 3 rings (SSSR count). The Balaban J connectivity index is 1.41. The lowest BCUT2D eigenvalue weighted by Crippen LogP contribution is -2.11. The van der Waals surface area contributed by atoms with E-state index in [4.69, 9.17) is 65.4 Å². The number of hydrogen-bond donors (Lipinski definition) is 1. The van der Waals surface area contributed by atoms with Crippen LogP contribution in [0.25, 0.3) is 0 Å². The summed E-state index contributed by atoms with van der Waals surface area (Å²) in [6.07, 6.45) is 2.71. The van der Waals surface area contributed by atoms with Crippen molar-refractivity contribution >= 4 is 69.7 Å². The number of rotatable bonds is 16. The van der Waals surface area contributed by atoms with E-state index in [0.717, 1.165) is 5.56 Å². The van der Waals surface area contributed by atoms with Gasteiger partial charge in [0.1, 0.15) is 6.61 Å². The van der Waals surface area contributed by atoms with E-state index < -0.39 is 5.97 Å². The van der Waals surface area contributed by atoms with Crippen LogP contribution in [0.3, 0.4) is 0 Å². The molecule has 0 aliphatic carbocycles. The van der Waals surface area contributed by atoms with Gasteiger partial charge in [-0.15, -0.1) is 5.10 Å². The summed E-state index contributed by atoms with van der Waals surface area (Å²) >= 11 is 25.4. The predicted molar refractivity (Wildman–Crippen MR) is 161 cm³/mol. The van der Waals surface area contributed by atoms with Gasteiger partial charge in [0.2, 0.25) is 0 Å². The highest BCUT2D eigenvalue weighted by Gasteiger charge is 2.17. The average Bonchev–Trinajstić information content (AvgIpc) is 2.95. The van der Waals surface area contributed by atoms with E-state index in [2.05, 4.69) is 20.3 Å². The zero-order chi connectivity index (χ0) is 30.5. The number of anilines is 2. The number of nitrogens with one attached hydrogen (secondary N) is 1. The first-order chi connectivity index (χ1) is 20.2. The molecule has 0 saturated carbocycles. The maximum absolute atomic E-state index is 12.1. The second kappa shape index (κ2) is 17.2. The summed E-state index contributed by atoms with van der Waals surface area (Å²) in [7, 11) is 1.34. The van der Waals surface area contributed by atoms with Crippen molar-refractivity contribution in [3.05, 3.63) is 67.9 Å². The predicted octanol–water partition coefficient (Wildman–Crippen LogP) is 6.98. The van der Waals surface area contributed by atoms with Crippen LogP contribution < -0.4 is 14.8 Å². The quantitative estimate of drug-likeness (QED) is 0.127. The van der Waals surface area contributed by atoms with Crippen LogP contribution in [-0.4, -0.2) is 62.3 Å². The molecule has 1 aromatic heterocycles. The van der Waals surface area contributed by atoms with Gasteiger partial charge in [0.15, 0.2) is 17.2 Å². The molecule has 0 fully saturated rings. The topological polar surface area (TPSA) is 118 Å². The SMILES string of the molecule is CCOC(=O)c1nnccc1Nc1cc(Cl)c(OCCOCCCOc2c(Cl)cc(CCC(=O)OC)cc2Cl)c(Cl)c1. The van der Waals surface area contributed by atoms with Gasteiger partial charge in [0, 0.05) is 25.1 Å². The zero-order valence-corrected chi connectivity index (χ0v) is 25.9. The number of hydrogen-bond acceptors (Lipinski definition) is 10. The molecule has 10 nitrogen and oxygen atoms in total. The molecule has 1 heterocycles. The van der Waals surface area contributed by atoms with Crippen molar-refractivity contribution in [2.45, 2.75) is 26.2 Å². The smallest absolute Gasteiger partial charge is 0.361 e. The molecular weight excluding hydrogens is 632 g/mol. The molecule has 0 radical (unpaired) electrons. The number of esters is 2. The highest BCUT2D eigenvalue weighted by Crippen LogP contribution is 2.37. The lowest BCUT2D eigenvalue weighted by molar-refractivity contribution is -0.140. The highest BCUT2D eigenvalue weighted by atomic mass is 35.5. The fraction of sp³-hybridized carbons (Fsp3) is 0.357. The number of halogens is 4. The minimum atomic E-state index is -0.605. The Kier molecular flexibility index (Phi) is 13.7. The maximum Gasteiger partial charge on any atom is 0.361 e. The number of carbonyl (C=O) groups excluding carboxylic acids is 2. The minimum absolute atomic E-state index is 0.0334. The molecule has 14 heteroatoms. The Morgan fingerprint density at radius 2 is 1.52 bits per heavy atom. The van der Waals surface area contributed by atoms with Crippen molar-refractivity contribution in [3.8, 4) is 11.5 Å². The summed E-state index contributed by atoms with van der Waals surface area (Å²) in [6.45, 7) is 3.14. The van der Waals surface area contributed by atoms with Crippen molar-refractivity contribution in [3.63, 3.8) is 0 Å². The number of ether oxygens (including phenoxy) is 5. The van der Waals surface area contributed by atoms with Gasteiger partial charge in [-0.05, 0) is 49.2 Å². The van der Waals surface area contributed by atoms with Gasteiger partial charge in [0.25, 0.3) is 0 Å². The molecule has 1 N–H and O–H groups in total. The molecule has 42 heavy (non-hydrogen) atoms. The summed E-state index contributed by atoms with van der Waals surface area (Å²) in [5, 5.41) is 11.9. The molecule has 226 valence electrons. The Labute approximate surface area is 263 Å². The van der Waals surface area contributed by atoms with E-state index >= 15 is 0 Å². The van der Waals surface area contributed by atoms with Gasteiger partial charge in [-0.25, -0.2) is 4.79 Å². The molecule has 0 unspecified atom stereocenters. The molecule has 2 aromatic carbocycles. The Hall–Kier alpha value is -3.02. The lowest BCUT2D eigenvalue weighted by Gasteiger charge is -2.14. The normalized spacial score (nSPS) is 10.7. The van der Waals surface area contributed by atoms with Crippen molar-refractivity contribution in [1.29, 1.82) is 0 Å².